The molecule has 7 heteroatoms. The van der Waals surface area contributed by atoms with Crippen molar-refractivity contribution in [2.45, 2.75) is 11.8 Å². The van der Waals surface area contributed by atoms with Gasteiger partial charge in [0.15, 0.2) is 4.98 Å². The summed E-state index contributed by atoms with van der Waals surface area (Å²) in [5.41, 5.74) is 0.567. The van der Waals surface area contributed by atoms with Crippen LogP contribution in [-0.4, -0.2) is 13.5 Å². The van der Waals surface area contributed by atoms with Crippen molar-refractivity contribution in [1.82, 2.24) is 0 Å². The maximum Gasteiger partial charge on any atom is 0.433 e. The third kappa shape index (κ3) is 2.64. The number of nitrogens with zero attached hydrogens (tertiary/aromatic N) is 2. The minimum Gasteiger partial charge on any atom is -0.501 e. The highest BCUT2D eigenvalue weighted by atomic mass is 32.2. The van der Waals surface area contributed by atoms with Gasteiger partial charge in [-0.15, -0.1) is 0 Å². The average molecular weight is 341 g/mol. The van der Waals surface area contributed by atoms with Crippen LogP contribution >= 0.6 is 0 Å². The molecule has 0 unspecified atom stereocenters. The molecule has 0 saturated carbocycles. The molecule has 0 aromatic heterocycles. The first-order valence-electron chi connectivity index (χ1n) is 7.04. The van der Waals surface area contributed by atoms with E-state index in [2.05, 4.69) is 4.98 Å². The zero-order valence-corrected chi connectivity index (χ0v) is 13.5. The van der Waals surface area contributed by atoms with Gasteiger partial charge in [-0.3, -0.25) is 0 Å². The molecule has 120 valence electrons. The minimum atomic E-state index is -4.19. The first-order chi connectivity index (χ1) is 11.4. The molecule has 3 aromatic carbocycles. The summed E-state index contributed by atoms with van der Waals surface area (Å²) in [6.45, 7) is 1.73. The fourth-order valence-electron chi connectivity index (χ4n) is 2.44. The minimum absolute atomic E-state index is 0.0968. The van der Waals surface area contributed by atoms with Crippen molar-refractivity contribution >= 4 is 26.6 Å². The highest BCUT2D eigenvalue weighted by Gasteiger charge is 2.28. The topological polar surface area (TPSA) is 91.8 Å². The normalized spacial score (nSPS) is 11.2. The van der Waals surface area contributed by atoms with E-state index >= 15 is 0 Å². The highest BCUT2D eigenvalue weighted by molar-refractivity contribution is 7.87. The zero-order valence-electron chi connectivity index (χ0n) is 12.7. The number of rotatable bonds is 3. The summed E-state index contributed by atoms with van der Waals surface area (Å²) in [5, 5.41) is 19.7. The Labute approximate surface area is 138 Å². The number of phenols is 1. The van der Waals surface area contributed by atoms with Crippen LogP contribution in [0.3, 0.4) is 0 Å². The average Bonchev–Trinajstić information content (AvgIpc) is 2.56. The molecular weight excluding hydrogens is 328 g/mol. The molecule has 0 atom stereocenters. The van der Waals surface area contributed by atoms with Crippen molar-refractivity contribution in [2.24, 2.45) is 0 Å². The molecular formula is C17H13N2O4S+. The van der Waals surface area contributed by atoms with Crippen LogP contribution < -0.4 is 4.18 Å². The van der Waals surface area contributed by atoms with Crippen molar-refractivity contribution in [3.63, 3.8) is 0 Å². The number of hydrogen-bond acceptors (Lipinski definition) is 5. The van der Waals surface area contributed by atoms with Crippen LogP contribution in [0.15, 0.2) is 59.5 Å². The van der Waals surface area contributed by atoms with E-state index in [1.54, 1.807) is 55.5 Å². The molecule has 0 fully saturated rings. The number of para-hydroxylation sites is 1. The third-order valence-corrected chi connectivity index (χ3v) is 4.90. The predicted octanol–water partition coefficient (Wildman–Crippen LogP) is 4.11. The van der Waals surface area contributed by atoms with Gasteiger partial charge >= 0.3 is 15.8 Å². The van der Waals surface area contributed by atoms with E-state index in [-0.39, 0.29) is 21.7 Å². The van der Waals surface area contributed by atoms with Crippen LogP contribution in [0, 0.1) is 12.3 Å². The fraction of sp³-hybridized carbons (Fsp3) is 0.0588. The number of diazo groups is 1. The first-order valence-corrected chi connectivity index (χ1v) is 8.45. The Morgan fingerprint density at radius 3 is 2.33 bits per heavy atom. The quantitative estimate of drug-likeness (QED) is 0.572. The van der Waals surface area contributed by atoms with Crippen LogP contribution in [0.25, 0.3) is 15.7 Å². The van der Waals surface area contributed by atoms with Crippen molar-refractivity contribution < 1.29 is 17.7 Å². The van der Waals surface area contributed by atoms with Gasteiger partial charge in [-0.1, -0.05) is 36.4 Å². The van der Waals surface area contributed by atoms with Gasteiger partial charge in [0.1, 0.15) is 10.6 Å². The molecule has 0 amide bonds. The molecule has 0 saturated heterocycles. The maximum atomic E-state index is 12.7. The summed E-state index contributed by atoms with van der Waals surface area (Å²) in [6, 6.07) is 14.1. The second-order valence-corrected chi connectivity index (χ2v) is 6.71. The Balaban J connectivity index is 2.23. The van der Waals surface area contributed by atoms with E-state index in [9.17, 15) is 13.5 Å². The lowest BCUT2D eigenvalue weighted by Gasteiger charge is -2.11. The lowest BCUT2D eigenvalue weighted by atomic mass is 10.1. The van der Waals surface area contributed by atoms with Gasteiger partial charge in [0, 0.05) is 11.5 Å². The van der Waals surface area contributed by atoms with Gasteiger partial charge in [-0.2, -0.15) is 8.42 Å². The highest BCUT2D eigenvalue weighted by Crippen LogP contribution is 2.39. The largest absolute Gasteiger partial charge is 0.501 e. The number of aryl methyl sites for hydroxylation is 1. The lowest BCUT2D eigenvalue weighted by Crippen LogP contribution is -2.11. The molecule has 0 spiro atoms. The molecule has 0 bridgehead atoms. The molecule has 0 aliphatic rings. The van der Waals surface area contributed by atoms with Crippen LogP contribution in [0.1, 0.15) is 5.56 Å². The van der Waals surface area contributed by atoms with E-state index in [4.69, 9.17) is 9.58 Å². The SMILES string of the molecule is Cc1ccccc1OS(=O)(=O)c1cc(O)c([N+]#N)c2ccccc12. The second kappa shape index (κ2) is 5.83. The maximum absolute atomic E-state index is 12.7. The monoisotopic (exact) mass is 341 g/mol. The standard InChI is InChI=1S/C17H12N2O4S/c1-11-6-2-5-9-15(11)23-24(21,22)16-10-14(20)17(19-18)13-8-4-3-7-12(13)16/h2-10H,1H3/p+1. The van der Waals surface area contributed by atoms with E-state index in [0.717, 1.165) is 6.07 Å². The molecule has 0 aliphatic carbocycles. The Bertz CT molecular complexity index is 1090. The lowest BCUT2D eigenvalue weighted by molar-refractivity contribution is 0.470. The fourth-order valence-corrected chi connectivity index (χ4v) is 3.65. The summed E-state index contributed by atoms with van der Waals surface area (Å²) < 4.78 is 30.6. The molecule has 3 aromatic rings. The number of benzene rings is 3. The summed E-state index contributed by atoms with van der Waals surface area (Å²) >= 11 is 0. The van der Waals surface area contributed by atoms with Gasteiger partial charge in [0.05, 0.1) is 5.39 Å². The van der Waals surface area contributed by atoms with E-state index in [1.807, 2.05) is 0 Å². The molecule has 0 radical (unpaired) electrons. The summed E-state index contributed by atoms with van der Waals surface area (Å²) in [6.07, 6.45) is 0. The Morgan fingerprint density at radius 2 is 1.67 bits per heavy atom. The smallest absolute Gasteiger partial charge is 0.433 e. The second-order valence-electron chi connectivity index (χ2n) is 5.19. The Hall–Kier alpha value is -3.11. The van der Waals surface area contributed by atoms with Crippen LogP contribution in [0.5, 0.6) is 11.5 Å². The van der Waals surface area contributed by atoms with Gasteiger partial charge in [0.2, 0.25) is 11.1 Å². The van der Waals surface area contributed by atoms with E-state index in [0.29, 0.717) is 10.9 Å². The van der Waals surface area contributed by atoms with Gasteiger partial charge < -0.3 is 9.29 Å². The summed E-state index contributed by atoms with van der Waals surface area (Å²) in [7, 11) is -4.19. The molecule has 0 heterocycles. The van der Waals surface area contributed by atoms with Crippen LogP contribution in [-0.2, 0) is 10.1 Å². The van der Waals surface area contributed by atoms with Gasteiger partial charge in [0.25, 0.3) is 0 Å². The molecule has 1 N–H and O–H groups in total. The first kappa shape index (κ1) is 15.8. The van der Waals surface area contributed by atoms with Crippen molar-refractivity contribution in [2.75, 3.05) is 0 Å². The summed E-state index contributed by atoms with van der Waals surface area (Å²) in [4.78, 5) is 2.83. The Morgan fingerprint density at radius 1 is 1.04 bits per heavy atom. The molecule has 6 nitrogen and oxygen atoms in total. The molecule has 3 rings (SSSR count). The number of phenolic OH excluding ortho intramolecular Hbond substituents is 1. The van der Waals surface area contributed by atoms with Crippen molar-refractivity contribution in [1.29, 1.82) is 5.39 Å². The number of aromatic hydroxyl groups is 1. The van der Waals surface area contributed by atoms with Gasteiger partial charge in [-0.05, 0) is 24.6 Å². The number of fused-ring (bicyclic) bond motifs is 1. The van der Waals surface area contributed by atoms with E-state index in [1.165, 1.54) is 0 Å². The predicted molar refractivity (Wildman–Crippen MR) is 89.3 cm³/mol. The zero-order chi connectivity index (χ0) is 17.3. The van der Waals surface area contributed by atoms with E-state index < -0.39 is 15.9 Å². The summed E-state index contributed by atoms with van der Waals surface area (Å²) in [5.74, 6) is -0.250. The van der Waals surface area contributed by atoms with Crippen molar-refractivity contribution in [3.8, 4) is 11.5 Å². The van der Waals surface area contributed by atoms with Crippen molar-refractivity contribution in [3.05, 3.63) is 65.1 Å². The molecule has 24 heavy (non-hydrogen) atoms. The molecule has 0 aliphatic heterocycles. The number of hydrogen-bond donors (Lipinski definition) is 1. The van der Waals surface area contributed by atoms with Gasteiger partial charge in [-0.25, -0.2) is 0 Å². The Kier molecular flexibility index (Phi) is 3.83. The van der Waals surface area contributed by atoms with Crippen LogP contribution in [0.2, 0.25) is 0 Å². The van der Waals surface area contributed by atoms with Crippen LogP contribution in [0.4, 0.5) is 5.69 Å². The third-order valence-electron chi connectivity index (χ3n) is 3.62.